The Kier molecular flexibility index (Phi) is 6.59. The van der Waals surface area contributed by atoms with E-state index in [1.807, 2.05) is 12.3 Å². The normalized spacial score (nSPS) is 16.2. The molecule has 4 nitrogen and oxygen atoms in total. The lowest BCUT2D eigenvalue weighted by Gasteiger charge is -2.28. The molecule has 0 bridgehead atoms. The van der Waals surface area contributed by atoms with Crippen molar-refractivity contribution in [2.24, 2.45) is 0 Å². The molecule has 50 heavy (non-hydrogen) atoms. The molecule has 0 spiro atoms. The van der Waals surface area contributed by atoms with Gasteiger partial charge in [-0.05, 0) is 82.4 Å². The summed E-state index contributed by atoms with van der Waals surface area (Å²) >= 11 is 0. The zero-order valence-corrected chi connectivity index (χ0v) is 27.3. The Morgan fingerprint density at radius 3 is 2.12 bits per heavy atom. The molecule has 4 heteroatoms. The summed E-state index contributed by atoms with van der Waals surface area (Å²) in [6.07, 6.45) is 10.9. The maximum atomic E-state index is 5.37. The molecule has 236 valence electrons. The van der Waals surface area contributed by atoms with Gasteiger partial charge in [0.15, 0.2) is 0 Å². The van der Waals surface area contributed by atoms with Gasteiger partial charge < -0.3 is 9.47 Å². The fraction of sp³-hybridized carbons (Fsp3) is 0.0435. The largest absolute Gasteiger partial charge is 0.318 e. The van der Waals surface area contributed by atoms with Crippen molar-refractivity contribution in [3.63, 3.8) is 0 Å². The highest BCUT2D eigenvalue weighted by molar-refractivity contribution is 6.08. The van der Waals surface area contributed by atoms with Crippen LogP contribution in [0.5, 0.6) is 0 Å². The Hall–Kier alpha value is -6.52. The number of hydrogen-bond acceptors (Lipinski definition) is 3. The van der Waals surface area contributed by atoms with Gasteiger partial charge >= 0.3 is 0 Å². The lowest BCUT2D eigenvalue weighted by molar-refractivity contribution is 0.739. The summed E-state index contributed by atoms with van der Waals surface area (Å²) in [7, 11) is 0. The van der Waals surface area contributed by atoms with Crippen molar-refractivity contribution in [2.45, 2.75) is 12.0 Å². The number of benzene rings is 5. The van der Waals surface area contributed by atoms with Crippen molar-refractivity contribution in [1.29, 1.82) is 0 Å². The molecule has 0 fully saturated rings. The summed E-state index contributed by atoms with van der Waals surface area (Å²) in [6, 6.07) is 54.1. The molecule has 0 radical (unpaired) electrons. The molecule has 2 unspecified atom stereocenters. The van der Waals surface area contributed by atoms with Crippen LogP contribution in [-0.4, -0.2) is 20.6 Å². The zero-order valence-electron chi connectivity index (χ0n) is 27.3. The van der Waals surface area contributed by atoms with Crippen LogP contribution in [-0.2, 0) is 0 Å². The van der Waals surface area contributed by atoms with Crippen molar-refractivity contribution in [3.8, 4) is 39.2 Å². The zero-order chi connectivity index (χ0) is 33.0. The van der Waals surface area contributed by atoms with Crippen molar-refractivity contribution < 1.29 is 0 Å². The number of para-hydroxylation sites is 1. The number of allylic oxidation sites excluding steroid dienone is 2. The molecule has 2 atom stereocenters. The monoisotopic (exact) mass is 640 g/mol. The lowest BCUT2D eigenvalue weighted by atomic mass is 9.86. The molecule has 0 amide bonds. The summed E-state index contributed by atoms with van der Waals surface area (Å²) in [5.41, 5.74) is 13.7. The Balaban J connectivity index is 1.18. The van der Waals surface area contributed by atoms with Gasteiger partial charge in [0, 0.05) is 34.4 Å². The maximum Gasteiger partial charge on any atom is 0.134 e. The third-order valence-electron chi connectivity index (χ3n) is 10.2. The van der Waals surface area contributed by atoms with E-state index < -0.39 is 0 Å². The predicted octanol–water partition coefficient (Wildman–Crippen LogP) is 11.3. The molecule has 3 aromatic heterocycles. The first-order valence-electron chi connectivity index (χ1n) is 17.2. The summed E-state index contributed by atoms with van der Waals surface area (Å²) in [6.45, 7) is 0. The van der Waals surface area contributed by atoms with E-state index in [1.165, 1.54) is 27.9 Å². The van der Waals surface area contributed by atoms with E-state index in [4.69, 9.17) is 9.97 Å². The Labute approximate surface area is 290 Å². The van der Waals surface area contributed by atoms with E-state index in [1.54, 1.807) is 0 Å². The Bertz CT molecular complexity index is 2540. The minimum absolute atomic E-state index is 0.0991. The van der Waals surface area contributed by atoms with Crippen LogP contribution in [0.4, 0.5) is 11.5 Å². The molecule has 0 saturated heterocycles. The standard InChI is InChI=1S/C46H32N4/c1-4-14-31(15-5-1)34-28-39(32-16-6-2-7-17-32)48-44(30-34)50-40-22-11-10-20-37(40)45-36(21-12-23-41(45)50)33-25-26-38-43(29-33)49(35-18-8-3-9-19-35)42-24-13-27-47-46(38)42/h1-30,37,40H. The second-order valence-corrected chi connectivity index (χ2v) is 13.0. The second kappa shape index (κ2) is 11.6. The molecular formula is C46H32N4. The van der Waals surface area contributed by atoms with E-state index >= 15 is 0 Å². The van der Waals surface area contributed by atoms with E-state index in [0.29, 0.717) is 0 Å². The third kappa shape index (κ3) is 4.53. The van der Waals surface area contributed by atoms with E-state index in [2.05, 4.69) is 179 Å². The first kappa shape index (κ1) is 28.5. The second-order valence-electron chi connectivity index (χ2n) is 13.0. The molecule has 2 aliphatic rings. The van der Waals surface area contributed by atoms with Gasteiger partial charge in [-0.2, -0.15) is 0 Å². The number of nitrogens with zero attached hydrogens (tertiary/aromatic N) is 4. The van der Waals surface area contributed by atoms with Gasteiger partial charge in [-0.3, -0.25) is 4.98 Å². The van der Waals surface area contributed by atoms with Crippen molar-refractivity contribution in [1.82, 2.24) is 14.5 Å². The van der Waals surface area contributed by atoms with Gasteiger partial charge in [0.05, 0.1) is 28.3 Å². The molecule has 0 saturated carbocycles. The minimum atomic E-state index is 0.0991. The lowest BCUT2D eigenvalue weighted by Crippen LogP contribution is -2.29. The molecule has 1 aliphatic carbocycles. The van der Waals surface area contributed by atoms with Crippen LogP contribution in [0.2, 0.25) is 0 Å². The predicted molar refractivity (Wildman–Crippen MR) is 206 cm³/mol. The highest BCUT2D eigenvalue weighted by Crippen LogP contribution is 2.51. The minimum Gasteiger partial charge on any atom is -0.318 e. The van der Waals surface area contributed by atoms with Crippen LogP contribution >= 0.6 is 0 Å². The fourth-order valence-corrected chi connectivity index (χ4v) is 7.96. The average Bonchev–Trinajstić information content (AvgIpc) is 3.71. The molecular weight excluding hydrogens is 609 g/mol. The van der Waals surface area contributed by atoms with Crippen LogP contribution in [0.1, 0.15) is 11.5 Å². The van der Waals surface area contributed by atoms with Crippen LogP contribution < -0.4 is 4.90 Å². The van der Waals surface area contributed by atoms with Crippen molar-refractivity contribution >= 4 is 33.4 Å². The van der Waals surface area contributed by atoms with Crippen LogP contribution in [0.3, 0.4) is 0 Å². The summed E-state index contributed by atoms with van der Waals surface area (Å²) in [5.74, 6) is 1.12. The SMILES string of the molecule is C1=CC2c3c(-c4ccc5c6ncccc6n(-c6ccccc6)c5c4)cccc3N(c3cc(-c4ccccc4)cc(-c4ccccc4)n3)C2C=C1. The van der Waals surface area contributed by atoms with Gasteiger partial charge in [-0.1, -0.05) is 121 Å². The summed E-state index contributed by atoms with van der Waals surface area (Å²) in [5, 5.41) is 1.15. The molecule has 5 aromatic carbocycles. The third-order valence-corrected chi connectivity index (χ3v) is 10.2. The topological polar surface area (TPSA) is 34.0 Å². The summed E-state index contributed by atoms with van der Waals surface area (Å²) in [4.78, 5) is 12.6. The van der Waals surface area contributed by atoms with Crippen LogP contribution in [0.15, 0.2) is 182 Å². The van der Waals surface area contributed by atoms with E-state index in [0.717, 1.165) is 50.3 Å². The maximum absolute atomic E-state index is 5.37. The molecule has 10 rings (SSSR count). The average molecular weight is 641 g/mol. The highest BCUT2D eigenvalue weighted by Gasteiger charge is 2.40. The molecule has 8 aromatic rings. The van der Waals surface area contributed by atoms with Gasteiger partial charge in [0.25, 0.3) is 0 Å². The van der Waals surface area contributed by atoms with Gasteiger partial charge in [-0.25, -0.2) is 4.98 Å². The first-order chi connectivity index (χ1) is 24.8. The van der Waals surface area contributed by atoms with E-state index in [9.17, 15) is 0 Å². The van der Waals surface area contributed by atoms with Crippen molar-refractivity contribution in [3.05, 3.63) is 188 Å². The van der Waals surface area contributed by atoms with Crippen LogP contribution in [0, 0.1) is 0 Å². The summed E-state index contributed by atoms with van der Waals surface area (Å²) < 4.78 is 2.34. The van der Waals surface area contributed by atoms with Gasteiger partial charge in [0.1, 0.15) is 5.82 Å². The van der Waals surface area contributed by atoms with Gasteiger partial charge in [0.2, 0.25) is 0 Å². The smallest absolute Gasteiger partial charge is 0.134 e. The molecule has 1 aliphatic heterocycles. The number of hydrogen-bond donors (Lipinski definition) is 0. The molecule has 4 heterocycles. The van der Waals surface area contributed by atoms with Crippen LogP contribution in [0.25, 0.3) is 61.1 Å². The number of pyridine rings is 2. The highest BCUT2D eigenvalue weighted by atomic mass is 15.2. The van der Waals surface area contributed by atoms with E-state index in [-0.39, 0.29) is 12.0 Å². The number of fused-ring (bicyclic) bond motifs is 6. The Morgan fingerprint density at radius 2 is 1.30 bits per heavy atom. The fourth-order valence-electron chi connectivity index (χ4n) is 7.96. The quantitative estimate of drug-likeness (QED) is 0.188. The van der Waals surface area contributed by atoms with Crippen molar-refractivity contribution in [2.75, 3.05) is 4.90 Å². The molecule has 0 N–H and O–H groups in total. The first-order valence-corrected chi connectivity index (χ1v) is 17.2. The number of rotatable bonds is 5. The van der Waals surface area contributed by atoms with Gasteiger partial charge in [-0.15, -0.1) is 0 Å². The number of anilines is 2. The number of aromatic nitrogens is 3. The Morgan fingerprint density at radius 1 is 0.540 bits per heavy atom.